The third-order valence-electron chi connectivity index (χ3n) is 7.44. The van der Waals surface area contributed by atoms with Crippen LogP contribution in [0.1, 0.15) is 47.7 Å². The van der Waals surface area contributed by atoms with Gasteiger partial charge in [0.05, 0.1) is 17.0 Å². The minimum atomic E-state index is -1.29. The molecule has 11 heteroatoms. The van der Waals surface area contributed by atoms with Crippen LogP contribution >= 0.6 is 0 Å². The fourth-order valence-electron chi connectivity index (χ4n) is 5.21. The maximum Gasteiger partial charge on any atom is 0.253 e. The molecule has 0 spiro atoms. The Bertz CT molecular complexity index is 1740. The second-order valence-electron chi connectivity index (χ2n) is 10.0. The molecule has 1 aliphatic rings. The largest absolute Gasteiger partial charge is 0.490 e. The van der Waals surface area contributed by atoms with Gasteiger partial charge in [-0.25, -0.2) is 27.5 Å². The van der Waals surface area contributed by atoms with Gasteiger partial charge in [-0.15, -0.1) is 0 Å². The van der Waals surface area contributed by atoms with Crippen LogP contribution in [0.2, 0.25) is 0 Å². The van der Waals surface area contributed by atoms with Crippen LogP contribution in [0.15, 0.2) is 48.5 Å². The minimum absolute atomic E-state index is 0.0604. The Kier molecular flexibility index (Phi) is 6.44. The molecule has 0 radical (unpaired) electrons. The molecule has 3 heterocycles. The van der Waals surface area contributed by atoms with Crippen molar-refractivity contribution >= 4 is 28.0 Å². The molecular weight excluding hydrogens is 526 g/mol. The fraction of sp³-hybridized carbons (Fsp3) is 0.276. The van der Waals surface area contributed by atoms with Gasteiger partial charge in [-0.1, -0.05) is 0 Å². The standard InChI is InChI=1S/C29H25F4N5O2/c1-15(27-35-25-21(32)14-20(31)24(33)26(25)36-27)28-34-22-8-3-16(13-23(22)37(28)2)29(39)38-11-9-19(10-12-38)40-18-6-4-17(30)5-7-18/h3-8,13-15,19H,9-12H2,1-2H3,(H,35,36). The number of halogens is 4. The van der Waals surface area contributed by atoms with Crippen molar-refractivity contribution in [1.29, 1.82) is 0 Å². The number of likely N-dealkylation sites (tertiary alicyclic amines) is 1. The molecule has 1 N–H and O–H groups in total. The van der Waals surface area contributed by atoms with Gasteiger partial charge in [0.25, 0.3) is 5.91 Å². The Morgan fingerprint density at radius 3 is 2.45 bits per heavy atom. The van der Waals surface area contributed by atoms with E-state index in [9.17, 15) is 22.4 Å². The maximum atomic E-state index is 14.2. The lowest BCUT2D eigenvalue weighted by Crippen LogP contribution is -2.41. The summed E-state index contributed by atoms with van der Waals surface area (Å²) in [4.78, 5) is 26.6. The van der Waals surface area contributed by atoms with Crippen molar-refractivity contribution in [2.75, 3.05) is 13.1 Å². The topological polar surface area (TPSA) is 76.0 Å². The van der Waals surface area contributed by atoms with Gasteiger partial charge in [0.2, 0.25) is 0 Å². The van der Waals surface area contributed by atoms with Gasteiger partial charge >= 0.3 is 0 Å². The second kappa shape index (κ2) is 9.96. The predicted molar refractivity (Wildman–Crippen MR) is 140 cm³/mol. The summed E-state index contributed by atoms with van der Waals surface area (Å²) in [7, 11) is 1.79. The number of rotatable bonds is 5. The molecule has 6 rings (SSSR count). The van der Waals surface area contributed by atoms with Crippen LogP contribution in [0, 0.1) is 23.3 Å². The van der Waals surface area contributed by atoms with Gasteiger partial charge < -0.3 is 19.2 Å². The van der Waals surface area contributed by atoms with Gasteiger partial charge in [0, 0.05) is 44.6 Å². The highest BCUT2D eigenvalue weighted by atomic mass is 19.2. The van der Waals surface area contributed by atoms with Gasteiger partial charge in [0.15, 0.2) is 17.5 Å². The van der Waals surface area contributed by atoms with Crippen molar-refractivity contribution < 1.29 is 27.1 Å². The number of H-pyrrole nitrogens is 1. The van der Waals surface area contributed by atoms with Crippen molar-refractivity contribution in [1.82, 2.24) is 24.4 Å². The van der Waals surface area contributed by atoms with E-state index >= 15 is 0 Å². The number of hydrogen-bond donors (Lipinski definition) is 1. The highest BCUT2D eigenvalue weighted by molar-refractivity contribution is 5.97. The Hall–Kier alpha value is -4.41. The quantitative estimate of drug-likeness (QED) is 0.220. The zero-order chi connectivity index (χ0) is 28.1. The first-order chi connectivity index (χ1) is 19.2. The van der Waals surface area contributed by atoms with Crippen molar-refractivity contribution in [3.8, 4) is 5.75 Å². The summed E-state index contributed by atoms with van der Waals surface area (Å²) >= 11 is 0. The van der Waals surface area contributed by atoms with E-state index in [2.05, 4.69) is 15.0 Å². The normalized spacial score (nSPS) is 15.2. The molecule has 0 bridgehead atoms. The number of nitrogens with zero attached hydrogens (tertiary/aromatic N) is 4. The van der Waals surface area contributed by atoms with Crippen molar-refractivity contribution in [2.45, 2.75) is 31.8 Å². The van der Waals surface area contributed by atoms with Crippen molar-refractivity contribution in [3.05, 3.63) is 89.0 Å². The number of aromatic amines is 1. The summed E-state index contributed by atoms with van der Waals surface area (Å²) < 4.78 is 63.0. The second-order valence-corrected chi connectivity index (χ2v) is 10.0. The van der Waals surface area contributed by atoms with Gasteiger partial charge in [-0.3, -0.25) is 4.79 Å². The SMILES string of the molecule is CC(c1nc2c(F)cc(F)c(F)c2[nH]1)c1nc2ccc(C(=O)N3CCC(Oc4ccc(F)cc4)CC3)cc2n1C. The third-order valence-corrected chi connectivity index (χ3v) is 7.44. The summed E-state index contributed by atoms with van der Waals surface area (Å²) in [6.45, 7) is 2.82. The number of fused-ring (bicyclic) bond motifs is 2. The number of benzene rings is 3. The number of amides is 1. The molecule has 0 aliphatic carbocycles. The molecule has 1 unspecified atom stereocenters. The summed E-state index contributed by atoms with van der Waals surface area (Å²) in [5, 5.41) is 0. The first kappa shape index (κ1) is 25.8. The highest BCUT2D eigenvalue weighted by Gasteiger charge is 2.27. The molecule has 206 valence electrons. The minimum Gasteiger partial charge on any atom is -0.490 e. The molecular formula is C29H25F4N5O2. The van der Waals surface area contributed by atoms with Crippen LogP contribution in [0.4, 0.5) is 17.6 Å². The number of imidazole rings is 2. The molecule has 1 saturated heterocycles. The van der Waals surface area contributed by atoms with E-state index in [0.29, 0.717) is 60.2 Å². The molecule has 1 fully saturated rings. The third kappa shape index (κ3) is 4.55. The lowest BCUT2D eigenvalue weighted by atomic mass is 10.1. The number of aryl methyl sites for hydroxylation is 1. The molecule has 1 atom stereocenters. The Morgan fingerprint density at radius 2 is 1.73 bits per heavy atom. The van der Waals surface area contributed by atoms with E-state index in [0.717, 1.165) is 0 Å². The van der Waals surface area contributed by atoms with E-state index in [1.54, 1.807) is 53.8 Å². The van der Waals surface area contributed by atoms with Crippen LogP contribution < -0.4 is 4.74 Å². The van der Waals surface area contributed by atoms with Crippen LogP contribution in [-0.4, -0.2) is 49.5 Å². The van der Waals surface area contributed by atoms with Crippen LogP contribution in [0.3, 0.4) is 0 Å². The maximum absolute atomic E-state index is 14.2. The number of ether oxygens (including phenoxy) is 1. The van der Waals surface area contributed by atoms with Gasteiger partial charge in [-0.05, 0) is 49.4 Å². The Balaban J connectivity index is 1.19. The fourth-order valence-corrected chi connectivity index (χ4v) is 5.21. The van der Waals surface area contributed by atoms with E-state index < -0.39 is 23.4 Å². The van der Waals surface area contributed by atoms with E-state index in [4.69, 9.17) is 4.74 Å². The summed E-state index contributed by atoms with van der Waals surface area (Å²) in [6.07, 6.45) is 1.25. The number of aromatic nitrogens is 4. The van der Waals surface area contributed by atoms with E-state index in [1.807, 2.05) is 0 Å². The number of hydrogen-bond acceptors (Lipinski definition) is 4. The number of carbonyl (C=O) groups excluding carboxylic acids is 1. The molecule has 5 aromatic rings. The average Bonchev–Trinajstić information content (AvgIpc) is 3.55. The van der Waals surface area contributed by atoms with Crippen LogP contribution in [0.5, 0.6) is 5.75 Å². The average molecular weight is 552 g/mol. The van der Waals surface area contributed by atoms with Crippen LogP contribution in [0.25, 0.3) is 22.1 Å². The first-order valence-corrected chi connectivity index (χ1v) is 12.9. The molecule has 3 aromatic carbocycles. The zero-order valence-electron chi connectivity index (χ0n) is 21.7. The molecule has 7 nitrogen and oxygen atoms in total. The zero-order valence-corrected chi connectivity index (χ0v) is 21.7. The summed E-state index contributed by atoms with van der Waals surface area (Å²) in [6, 6.07) is 11.6. The van der Waals surface area contributed by atoms with Crippen LogP contribution in [-0.2, 0) is 7.05 Å². The Morgan fingerprint density at radius 1 is 1.00 bits per heavy atom. The smallest absolute Gasteiger partial charge is 0.253 e. The summed E-state index contributed by atoms with van der Waals surface area (Å²) in [5.74, 6) is -2.99. The highest BCUT2D eigenvalue weighted by Crippen LogP contribution is 2.30. The first-order valence-electron chi connectivity index (χ1n) is 12.9. The molecule has 40 heavy (non-hydrogen) atoms. The predicted octanol–water partition coefficient (Wildman–Crippen LogP) is 5.84. The number of piperidine rings is 1. The summed E-state index contributed by atoms with van der Waals surface area (Å²) in [5.41, 5.74) is 1.25. The Labute approximate surface area is 226 Å². The van der Waals surface area contributed by atoms with E-state index in [1.165, 1.54) is 12.1 Å². The molecule has 1 amide bonds. The van der Waals surface area contributed by atoms with Gasteiger partial charge in [-0.2, -0.15) is 0 Å². The lowest BCUT2D eigenvalue weighted by Gasteiger charge is -2.32. The van der Waals surface area contributed by atoms with Crippen molar-refractivity contribution in [2.24, 2.45) is 7.05 Å². The molecule has 1 aliphatic heterocycles. The van der Waals surface area contributed by atoms with Crippen molar-refractivity contribution in [3.63, 3.8) is 0 Å². The number of nitrogens with one attached hydrogen (secondary N) is 1. The lowest BCUT2D eigenvalue weighted by molar-refractivity contribution is 0.0595. The van der Waals surface area contributed by atoms with Gasteiger partial charge in [0.1, 0.15) is 40.4 Å². The molecule has 0 saturated carbocycles. The molecule has 2 aromatic heterocycles. The monoisotopic (exact) mass is 551 g/mol. The van der Waals surface area contributed by atoms with E-state index in [-0.39, 0.29) is 34.7 Å². The number of carbonyl (C=O) groups is 1.